The van der Waals surface area contributed by atoms with E-state index < -0.39 is 32.4 Å². The van der Waals surface area contributed by atoms with Crippen LogP contribution in [0.15, 0.2) is 24.8 Å². The molecule has 0 atom stereocenters. The molecule has 8 nitrogen and oxygen atoms in total. The smallest absolute Gasteiger partial charge is 0.399 e. The van der Waals surface area contributed by atoms with Crippen molar-refractivity contribution in [2.45, 2.75) is 91.6 Å². The van der Waals surface area contributed by atoms with Gasteiger partial charge >= 0.3 is 14.2 Å². The van der Waals surface area contributed by atoms with E-state index in [0.29, 0.717) is 5.46 Å². The number of hydrogen-bond acceptors (Lipinski definition) is 6. The Bertz CT molecular complexity index is 925. The molecule has 2 aromatic rings. The van der Waals surface area contributed by atoms with Gasteiger partial charge in [-0.3, -0.25) is 14.2 Å². The molecule has 2 fully saturated rings. The highest BCUT2D eigenvalue weighted by atomic mass is 19.1. The second kappa shape index (κ2) is 11.2. The zero-order valence-corrected chi connectivity index (χ0v) is 21.5. The molecule has 0 unspecified atom stereocenters. The maximum Gasteiger partial charge on any atom is 0.498 e. The van der Waals surface area contributed by atoms with Gasteiger partial charge in [0.15, 0.2) is 0 Å². The molecule has 0 radical (unpaired) electrons. The quantitative estimate of drug-likeness (QED) is 0.680. The van der Waals surface area contributed by atoms with Gasteiger partial charge in [0.05, 0.1) is 30.9 Å². The summed E-state index contributed by atoms with van der Waals surface area (Å²) in [7, 11) is -1.88. The van der Waals surface area contributed by atoms with Gasteiger partial charge in [0.1, 0.15) is 0 Å². The van der Waals surface area contributed by atoms with E-state index in [1.807, 2.05) is 69.2 Å². The van der Waals surface area contributed by atoms with E-state index in [4.69, 9.17) is 24.1 Å². The number of aromatic amines is 1. The summed E-state index contributed by atoms with van der Waals surface area (Å²) >= 11 is 0. The third-order valence-electron chi connectivity index (χ3n) is 6.17. The Morgan fingerprint density at radius 1 is 0.848 bits per heavy atom. The molecule has 11 heteroatoms. The van der Waals surface area contributed by atoms with Crippen LogP contribution in [0.2, 0.25) is 0 Å². The average molecular weight is 470 g/mol. The summed E-state index contributed by atoms with van der Waals surface area (Å²) in [4.78, 5) is 0. The molecule has 0 aliphatic carbocycles. The molecule has 0 spiro atoms. The van der Waals surface area contributed by atoms with Crippen molar-refractivity contribution < 1.29 is 28.5 Å². The number of aryl methyl sites for hydroxylation is 1. The molecular formula is C22H41B2FN4O4. The number of nitrogens with zero attached hydrogens (tertiary/aromatic N) is 3. The summed E-state index contributed by atoms with van der Waals surface area (Å²) in [5, 5.41) is 10.5. The topological polar surface area (TPSA) is 83.4 Å². The largest absolute Gasteiger partial charge is 0.498 e. The van der Waals surface area contributed by atoms with Gasteiger partial charge in [-0.1, -0.05) is 13.8 Å². The van der Waals surface area contributed by atoms with Gasteiger partial charge in [-0.15, -0.1) is 0 Å². The summed E-state index contributed by atoms with van der Waals surface area (Å²) in [6.07, 6.45) is 6.42. The van der Waals surface area contributed by atoms with Crippen LogP contribution >= 0.6 is 0 Å². The molecule has 2 aliphatic heterocycles. The van der Waals surface area contributed by atoms with Crippen LogP contribution in [0.25, 0.3) is 0 Å². The van der Waals surface area contributed by atoms with Gasteiger partial charge in [0.25, 0.3) is 0 Å². The van der Waals surface area contributed by atoms with Crippen molar-refractivity contribution in [1.29, 1.82) is 0 Å². The Morgan fingerprint density at radius 2 is 1.27 bits per heavy atom. The van der Waals surface area contributed by atoms with Gasteiger partial charge < -0.3 is 18.6 Å². The standard InChI is InChI=1S/C10H17BN2O2.C9H15BN2O2.C2H6.CH3F/c1-9(2)10(3,4)15-11(14-9)8-6-12-13(5)7-8;1-8(2)9(3,4)14-10(13-8)7-5-11-12-6-7;2*1-2/h6-7H,1-5H3;5-6H,1-4H3,(H,11,12);1-2H3;1H3/i5D3;;;1D. The van der Waals surface area contributed by atoms with Crippen molar-refractivity contribution in [3.8, 4) is 0 Å². The van der Waals surface area contributed by atoms with Gasteiger partial charge in [-0.25, -0.2) is 0 Å². The van der Waals surface area contributed by atoms with E-state index in [-0.39, 0.29) is 18.3 Å². The van der Waals surface area contributed by atoms with Crippen molar-refractivity contribution in [3.05, 3.63) is 24.8 Å². The fourth-order valence-electron chi connectivity index (χ4n) is 2.81. The number of aromatic nitrogens is 4. The number of alkyl halides is 1. The van der Waals surface area contributed by atoms with Crippen LogP contribution in [-0.4, -0.2) is 63.8 Å². The summed E-state index contributed by atoms with van der Waals surface area (Å²) in [6, 6.07) is 0. The summed E-state index contributed by atoms with van der Waals surface area (Å²) < 4.78 is 61.5. The van der Waals surface area contributed by atoms with E-state index >= 15 is 0 Å². The highest BCUT2D eigenvalue weighted by Crippen LogP contribution is 2.37. The maximum atomic E-state index is 9.96. The normalized spacial score (nSPS) is 23.4. The zero-order chi connectivity index (χ0) is 28.9. The van der Waals surface area contributed by atoms with Gasteiger partial charge in [0.2, 0.25) is 0 Å². The fraction of sp³-hybridized carbons (Fsp3) is 0.727. The minimum atomic E-state index is -2.28. The second-order valence-corrected chi connectivity index (χ2v) is 9.43. The Balaban J connectivity index is 0.000000322. The maximum absolute atomic E-state index is 9.96. The highest BCUT2D eigenvalue weighted by Gasteiger charge is 2.53. The Kier molecular flexibility index (Phi) is 7.81. The van der Waals surface area contributed by atoms with E-state index in [0.717, 1.165) is 10.1 Å². The van der Waals surface area contributed by atoms with Crippen LogP contribution in [0.3, 0.4) is 0 Å². The van der Waals surface area contributed by atoms with Gasteiger partial charge in [-0.05, 0) is 55.4 Å². The Morgan fingerprint density at radius 3 is 1.61 bits per heavy atom. The highest BCUT2D eigenvalue weighted by molar-refractivity contribution is 6.62. The van der Waals surface area contributed by atoms with Crippen LogP contribution in [0, 0.1) is 0 Å². The van der Waals surface area contributed by atoms with Crippen LogP contribution < -0.4 is 10.9 Å². The summed E-state index contributed by atoms with van der Waals surface area (Å²) in [5.41, 5.74) is 0.0945. The first-order valence-electron chi connectivity index (χ1n) is 13.2. The fourth-order valence-corrected chi connectivity index (χ4v) is 2.81. The first kappa shape index (κ1) is 23.1. The number of rotatable bonds is 2. The van der Waals surface area contributed by atoms with Gasteiger partial charge in [0, 0.05) is 46.8 Å². The molecule has 4 rings (SSSR count). The molecular weight excluding hydrogens is 425 g/mol. The van der Waals surface area contributed by atoms with Crippen LogP contribution in [0.5, 0.6) is 0 Å². The lowest BCUT2D eigenvalue weighted by molar-refractivity contribution is 0.00578. The molecule has 186 valence electrons. The molecule has 0 saturated carbocycles. The lowest BCUT2D eigenvalue weighted by atomic mass is 9.82. The van der Waals surface area contributed by atoms with E-state index in [2.05, 4.69) is 15.3 Å². The average Bonchev–Trinajstić information content (AvgIpc) is 3.52. The van der Waals surface area contributed by atoms with Crippen molar-refractivity contribution in [1.82, 2.24) is 20.0 Å². The molecule has 2 saturated heterocycles. The van der Waals surface area contributed by atoms with E-state index in [1.54, 1.807) is 12.4 Å². The van der Waals surface area contributed by atoms with Crippen molar-refractivity contribution in [2.24, 2.45) is 6.98 Å². The zero-order valence-electron chi connectivity index (χ0n) is 25.5. The number of H-pyrrole nitrogens is 1. The third-order valence-corrected chi connectivity index (χ3v) is 6.17. The van der Waals surface area contributed by atoms with E-state index in [1.165, 1.54) is 12.4 Å². The number of nitrogens with one attached hydrogen (secondary N) is 1. The third kappa shape index (κ3) is 6.68. The van der Waals surface area contributed by atoms with Crippen LogP contribution in [0.1, 0.15) is 74.7 Å². The van der Waals surface area contributed by atoms with Crippen LogP contribution in [0.4, 0.5) is 4.39 Å². The predicted molar refractivity (Wildman–Crippen MR) is 132 cm³/mol. The van der Waals surface area contributed by atoms with Crippen LogP contribution in [-0.2, 0) is 25.6 Å². The minimum absolute atomic E-state index is 0.283. The minimum Gasteiger partial charge on any atom is -0.399 e. The molecule has 4 heterocycles. The lowest BCUT2D eigenvalue weighted by Gasteiger charge is -2.32. The van der Waals surface area contributed by atoms with E-state index in [9.17, 15) is 4.39 Å². The molecule has 2 aliphatic rings. The molecule has 33 heavy (non-hydrogen) atoms. The Hall–Kier alpha value is -1.68. The molecule has 0 bridgehead atoms. The Labute approximate surface area is 204 Å². The number of hydrogen-bond donors (Lipinski definition) is 1. The van der Waals surface area contributed by atoms with Gasteiger partial charge in [-0.2, -0.15) is 10.2 Å². The SMILES string of the molecule is CC.CC1(C)OB(c2cn[nH]c2)OC1(C)C.[2H]C([2H])([2H])n1cc(B2OC(C)(C)C(C)(C)O2)cn1.[2H]CF. The first-order valence-corrected chi connectivity index (χ1v) is 11.0. The van der Waals surface area contributed by atoms with Crippen molar-refractivity contribution >= 4 is 25.2 Å². The predicted octanol–water partition coefficient (Wildman–Crippen LogP) is 3.04. The first-order chi connectivity index (χ1) is 16.9. The second-order valence-electron chi connectivity index (χ2n) is 9.43. The molecule has 0 amide bonds. The van der Waals surface area contributed by atoms with Crippen molar-refractivity contribution in [2.75, 3.05) is 7.15 Å². The molecule has 2 aromatic heterocycles. The molecule has 1 N–H and O–H groups in total. The lowest BCUT2D eigenvalue weighted by Crippen LogP contribution is -2.41. The summed E-state index contributed by atoms with van der Waals surface area (Å²) in [6.45, 7) is 17.6. The monoisotopic (exact) mass is 470 g/mol. The number of halogens is 1. The summed E-state index contributed by atoms with van der Waals surface area (Å²) in [5.74, 6) is 0. The van der Waals surface area contributed by atoms with Crippen molar-refractivity contribution in [3.63, 3.8) is 0 Å². The molecule has 0 aromatic carbocycles.